The minimum Gasteiger partial charge on any atom is -0.436 e. The first kappa shape index (κ1) is 23.3. The molecular formula is C25H29N3O4. The van der Waals surface area contributed by atoms with Crippen LogP contribution >= 0.6 is 0 Å². The minimum atomic E-state index is -0.872. The van der Waals surface area contributed by atoms with Gasteiger partial charge in [-0.15, -0.1) is 0 Å². The normalized spacial score (nSPS) is 14.6. The van der Waals surface area contributed by atoms with Crippen LogP contribution in [0.1, 0.15) is 30.4 Å². The zero-order valence-corrected chi connectivity index (χ0v) is 18.0. The van der Waals surface area contributed by atoms with Gasteiger partial charge in [0.05, 0.1) is 25.2 Å². The lowest BCUT2D eigenvalue weighted by atomic mass is 10.1. The molecule has 168 valence electrons. The van der Waals surface area contributed by atoms with Crippen molar-refractivity contribution in [2.75, 3.05) is 13.2 Å². The smallest absolute Gasteiger partial charge is 0.408 e. The van der Waals surface area contributed by atoms with Crippen LogP contribution in [0.25, 0.3) is 0 Å². The predicted octanol–water partition coefficient (Wildman–Crippen LogP) is 3.55. The Balaban J connectivity index is 1.42. The molecule has 0 spiro atoms. The molecule has 0 aliphatic heterocycles. The van der Waals surface area contributed by atoms with E-state index in [2.05, 4.69) is 16.7 Å². The van der Waals surface area contributed by atoms with E-state index in [4.69, 9.17) is 9.47 Å². The van der Waals surface area contributed by atoms with Crippen molar-refractivity contribution in [3.63, 3.8) is 0 Å². The lowest BCUT2D eigenvalue weighted by Crippen LogP contribution is -2.42. The summed E-state index contributed by atoms with van der Waals surface area (Å²) in [7, 11) is 0. The summed E-state index contributed by atoms with van der Waals surface area (Å²) in [6.07, 6.45) is 1.06. The van der Waals surface area contributed by atoms with E-state index in [-0.39, 0.29) is 19.1 Å². The summed E-state index contributed by atoms with van der Waals surface area (Å²) >= 11 is 0. The van der Waals surface area contributed by atoms with E-state index in [9.17, 15) is 14.9 Å². The highest BCUT2D eigenvalue weighted by molar-refractivity contribution is 5.83. The molecule has 2 aromatic rings. The molecule has 2 N–H and O–H groups in total. The van der Waals surface area contributed by atoms with E-state index >= 15 is 0 Å². The Morgan fingerprint density at radius 1 is 1.00 bits per heavy atom. The average molecular weight is 436 g/mol. The second-order valence-corrected chi connectivity index (χ2v) is 7.98. The van der Waals surface area contributed by atoms with Gasteiger partial charge < -0.3 is 20.1 Å². The van der Waals surface area contributed by atoms with Crippen molar-refractivity contribution in [2.24, 2.45) is 11.8 Å². The fourth-order valence-electron chi connectivity index (χ4n) is 3.18. The standard InChI is InChI=1S/C25H29N3O4/c26-14-22(18-31-17-21-9-5-2-6-10-21)16-27-24(29)23(13-19-11-12-19)32-25(30)28-15-20-7-3-1-4-8-20/h1-10,19,22-23H,11-13,15-18H2,(H,27,29)(H,28,30). The van der Waals surface area contributed by atoms with E-state index in [1.54, 1.807) is 0 Å². The quantitative estimate of drug-likeness (QED) is 0.531. The van der Waals surface area contributed by atoms with Crippen LogP contribution in [0.2, 0.25) is 0 Å². The van der Waals surface area contributed by atoms with Gasteiger partial charge in [-0.25, -0.2) is 4.79 Å². The Hall–Kier alpha value is -3.37. The summed E-state index contributed by atoms with van der Waals surface area (Å²) < 4.78 is 11.0. The molecule has 1 aliphatic carbocycles. The molecule has 0 bridgehead atoms. The van der Waals surface area contributed by atoms with Crippen molar-refractivity contribution in [1.82, 2.24) is 10.6 Å². The van der Waals surface area contributed by atoms with Gasteiger partial charge in [-0.2, -0.15) is 5.26 Å². The number of nitriles is 1. The van der Waals surface area contributed by atoms with Crippen LogP contribution in [0.5, 0.6) is 0 Å². The number of rotatable bonds is 12. The summed E-state index contributed by atoms with van der Waals surface area (Å²) in [5, 5.41) is 14.8. The van der Waals surface area contributed by atoms with Crippen LogP contribution in [0.4, 0.5) is 4.79 Å². The Labute approximate surface area is 188 Å². The van der Waals surface area contributed by atoms with Gasteiger partial charge in [0, 0.05) is 13.1 Å². The summed E-state index contributed by atoms with van der Waals surface area (Å²) in [5.74, 6) is -0.472. The number of alkyl carbamates (subject to hydrolysis) is 1. The third-order valence-corrected chi connectivity index (χ3v) is 5.20. The molecule has 2 unspecified atom stereocenters. The van der Waals surface area contributed by atoms with E-state index in [0.29, 0.717) is 25.5 Å². The predicted molar refractivity (Wildman–Crippen MR) is 119 cm³/mol. The third kappa shape index (κ3) is 8.40. The molecule has 7 nitrogen and oxygen atoms in total. The molecule has 2 aromatic carbocycles. The molecule has 1 saturated carbocycles. The molecule has 0 radical (unpaired) electrons. The molecule has 0 heterocycles. The molecule has 0 saturated heterocycles. The average Bonchev–Trinajstić information content (AvgIpc) is 3.65. The van der Waals surface area contributed by atoms with Crippen molar-refractivity contribution < 1.29 is 19.1 Å². The molecule has 7 heteroatoms. The first-order valence-corrected chi connectivity index (χ1v) is 10.9. The monoisotopic (exact) mass is 435 g/mol. The van der Waals surface area contributed by atoms with E-state index in [1.807, 2.05) is 60.7 Å². The molecule has 2 amide bonds. The van der Waals surface area contributed by atoms with Crippen LogP contribution in [0, 0.1) is 23.2 Å². The second kappa shape index (κ2) is 12.5. The zero-order chi connectivity index (χ0) is 22.6. The van der Waals surface area contributed by atoms with E-state index in [0.717, 1.165) is 24.0 Å². The third-order valence-electron chi connectivity index (χ3n) is 5.20. The van der Waals surface area contributed by atoms with E-state index in [1.165, 1.54) is 0 Å². The Morgan fingerprint density at radius 3 is 2.28 bits per heavy atom. The second-order valence-electron chi connectivity index (χ2n) is 7.98. The number of carbonyl (C=O) groups is 2. The molecule has 0 aromatic heterocycles. The summed E-state index contributed by atoms with van der Waals surface area (Å²) in [6.45, 7) is 1.08. The molecule has 2 atom stereocenters. The maximum Gasteiger partial charge on any atom is 0.408 e. The molecular weight excluding hydrogens is 406 g/mol. The summed E-state index contributed by atoms with van der Waals surface area (Å²) in [4.78, 5) is 24.9. The Morgan fingerprint density at radius 2 is 1.66 bits per heavy atom. The lowest BCUT2D eigenvalue weighted by molar-refractivity contribution is -0.130. The van der Waals surface area contributed by atoms with Crippen molar-refractivity contribution in [3.8, 4) is 6.07 Å². The number of carbonyl (C=O) groups excluding carboxylic acids is 2. The first-order valence-electron chi connectivity index (χ1n) is 10.9. The number of hydrogen-bond acceptors (Lipinski definition) is 5. The fourth-order valence-corrected chi connectivity index (χ4v) is 3.18. The van der Waals surface area contributed by atoms with Gasteiger partial charge in [0.2, 0.25) is 0 Å². The highest BCUT2D eigenvalue weighted by Crippen LogP contribution is 2.34. The number of nitrogens with one attached hydrogen (secondary N) is 2. The topological polar surface area (TPSA) is 100 Å². The van der Waals surface area contributed by atoms with Crippen LogP contribution in [-0.4, -0.2) is 31.3 Å². The number of benzene rings is 2. The summed E-state index contributed by atoms with van der Waals surface area (Å²) in [6, 6.07) is 21.3. The summed E-state index contributed by atoms with van der Waals surface area (Å²) in [5.41, 5.74) is 1.97. The SMILES string of the molecule is N#CC(CNC(=O)C(CC1CC1)OC(=O)NCc1ccccc1)COCc1ccccc1. The van der Waals surface area contributed by atoms with Crippen molar-refractivity contribution in [2.45, 2.75) is 38.5 Å². The van der Waals surface area contributed by atoms with Crippen LogP contribution in [-0.2, 0) is 27.4 Å². The van der Waals surface area contributed by atoms with Crippen molar-refractivity contribution >= 4 is 12.0 Å². The van der Waals surface area contributed by atoms with Gasteiger partial charge in [0.15, 0.2) is 6.10 Å². The van der Waals surface area contributed by atoms with Gasteiger partial charge in [-0.05, 0) is 23.5 Å². The highest BCUT2D eigenvalue weighted by atomic mass is 16.6. The van der Waals surface area contributed by atoms with Crippen molar-refractivity contribution in [1.29, 1.82) is 5.26 Å². The van der Waals surface area contributed by atoms with E-state index < -0.39 is 18.1 Å². The molecule has 1 aliphatic rings. The fraction of sp³-hybridized carbons (Fsp3) is 0.400. The minimum absolute atomic E-state index is 0.139. The molecule has 1 fully saturated rings. The van der Waals surface area contributed by atoms with Crippen LogP contribution in [0.3, 0.4) is 0 Å². The van der Waals surface area contributed by atoms with Gasteiger partial charge in [0.1, 0.15) is 0 Å². The van der Waals surface area contributed by atoms with Gasteiger partial charge in [0.25, 0.3) is 5.91 Å². The van der Waals surface area contributed by atoms with Gasteiger partial charge in [-0.1, -0.05) is 73.5 Å². The van der Waals surface area contributed by atoms with Crippen molar-refractivity contribution in [3.05, 3.63) is 71.8 Å². The first-order chi connectivity index (χ1) is 15.6. The van der Waals surface area contributed by atoms with Gasteiger partial charge >= 0.3 is 6.09 Å². The van der Waals surface area contributed by atoms with Gasteiger partial charge in [-0.3, -0.25) is 4.79 Å². The number of amides is 2. The Bertz CT molecular complexity index is 894. The highest BCUT2D eigenvalue weighted by Gasteiger charge is 2.32. The maximum absolute atomic E-state index is 12.7. The number of ether oxygens (including phenoxy) is 2. The van der Waals surface area contributed by atoms with Crippen LogP contribution < -0.4 is 10.6 Å². The maximum atomic E-state index is 12.7. The van der Waals surface area contributed by atoms with Crippen LogP contribution in [0.15, 0.2) is 60.7 Å². The largest absolute Gasteiger partial charge is 0.436 e. The molecule has 32 heavy (non-hydrogen) atoms. The lowest BCUT2D eigenvalue weighted by Gasteiger charge is -2.19. The number of nitrogens with zero attached hydrogens (tertiary/aromatic N) is 1. The molecule has 3 rings (SSSR count). The Kier molecular flexibility index (Phi) is 9.08. The number of hydrogen-bond donors (Lipinski definition) is 2. The zero-order valence-electron chi connectivity index (χ0n) is 18.0.